The number of ketones is 1. The van der Waals surface area contributed by atoms with Gasteiger partial charge in [0, 0.05) is 15.5 Å². The zero-order valence-corrected chi connectivity index (χ0v) is 19.6. The lowest BCUT2D eigenvalue weighted by molar-refractivity contribution is -0.138. The van der Waals surface area contributed by atoms with Gasteiger partial charge in [-0.2, -0.15) is 0 Å². The van der Waals surface area contributed by atoms with E-state index in [-0.39, 0.29) is 5.41 Å². The summed E-state index contributed by atoms with van der Waals surface area (Å²) in [6.45, 7) is 0.412. The highest BCUT2D eigenvalue weighted by Gasteiger charge is 2.53. The molecule has 4 fully saturated rings. The van der Waals surface area contributed by atoms with E-state index in [2.05, 4.69) is 22.0 Å². The molecule has 4 aliphatic carbocycles. The number of hydrogen-bond acceptors (Lipinski definition) is 3. The Morgan fingerprint density at radius 1 is 1.03 bits per heavy atom. The van der Waals surface area contributed by atoms with Gasteiger partial charge in [-0.05, 0) is 104 Å². The van der Waals surface area contributed by atoms with Gasteiger partial charge in [-0.1, -0.05) is 28.1 Å². The summed E-state index contributed by atoms with van der Waals surface area (Å²) in [6.07, 6.45) is 11.2. The predicted octanol–water partition coefficient (Wildman–Crippen LogP) is 6.84. The topological polar surface area (TPSA) is 35.5 Å². The summed E-state index contributed by atoms with van der Waals surface area (Å²) < 4.78 is 12.5. The molecule has 0 aromatic heterocycles. The van der Waals surface area contributed by atoms with Crippen LogP contribution in [-0.4, -0.2) is 12.9 Å². The van der Waals surface area contributed by atoms with Crippen molar-refractivity contribution in [3.8, 4) is 11.5 Å². The summed E-state index contributed by atoms with van der Waals surface area (Å²) in [4.78, 5) is 13.3. The summed E-state index contributed by atoms with van der Waals surface area (Å²) >= 11 is 3.44. The van der Waals surface area contributed by atoms with Gasteiger partial charge in [0.05, 0.1) is 7.11 Å². The van der Waals surface area contributed by atoms with Crippen molar-refractivity contribution in [2.45, 2.75) is 45.1 Å². The molecule has 0 heterocycles. The van der Waals surface area contributed by atoms with Crippen LogP contribution in [0.25, 0.3) is 6.08 Å². The number of allylic oxidation sites excluding steroid dienone is 1. The highest BCUT2D eigenvalue weighted by molar-refractivity contribution is 9.10. The first-order valence-corrected chi connectivity index (χ1v) is 12.1. The molecule has 0 saturated heterocycles. The molecular formula is C27H29BrO3. The Morgan fingerprint density at radius 2 is 1.68 bits per heavy atom. The number of carbonyl (C=O) groups is 1. The van der Waals surface area contributed by atoms with Crippen LogP contribution >= 0.6 is 15.9 Å². The number of hydrogen-bond donors (Lipinski definition) is 0. The Kier molecular flexibility index (Phi) is 5.68. The van der Waals surface area contributed by atoms with E-state index < -0.39 is 0 Å². The number of halogens is 1. The molecule has 31 heavy (non-hydrogen) atoms. The van der Waals surface area contributed by atoms with Crippen LogP contribution in [0.4, 0.5) is 0 Å². The molecule has 6 rings (SSSR count). The first-order chi connectivity index (χ1) is 15.0. The lowest BCUT2D eigenvalue weighted by Gasteiger charge is -2.55. The summed E-state index contributed by atoms with van der Waals surface area (Å²) in [5.74, 6) is 4.30. The molecule has 0 aliphatic heterocycles. The Balaban J connectivity index is 1.30. The minimum Gasteiger partial charge on any atom is -0.496 e. The number of benzene rings is 2. The van der Waals surface area contributed by atoms with Crippen molar-refractivity contribution in [3.05, 3.63) is 64.1 Å². The van der Waals surface area contributed by atoms with Crippen molar-refractivity contribution in [2.75, 3.05) is 7.11 Å². The largest absolute Gasteiger partial charge is 0.496 e. The third-order valence-corrected chi connectivity index (χ3v) is 8.03. The van der Waals surface area contributed by atoms with Gasteiger partial charge in [-0.25, -0.2) is 0 Å². The zero-order chi connectivity index (χ0) is 21.4. The van der Waals surface area contributed by atoms with Crippen molar-refractivity contribution >= 4 is 27.8 Å². The van der Waals surface area contributed by atoms with Gasteiger partial charge < -0.3 is 9.47 Å². The molecule has 0 amide bonds. The molecule has 3 nitrogen and oxygen atoms in total. The first-order valence-electron chi connectivity index (χ1n) is 11.3. The predicted molar refractivity (Wildman–Crippen MR) is 126 cm³/mol. The molecule has 0 spiro atoms. The fraction of sp³-hybridized carbons (Fsp3) is 0.444. The van der Waals surface area contributed by atoms with Crippen molar-refractivity contribution in [2.24, 2.45) is 23.2 Å². The zero-order valence-electron chi connectivity index (χ0n) is 18.0. The molecule has 2 aromatic rings. The Bertz CT molecular complexity index is 957. The lowest BCUT2D eigenvalue weighted by atomic mass is 9.48. The van der Waals surface area contributed by atoms with Gasteiger partial charge in [-0.3, -0.25) is 4.79 Å². The van der Waals surface area contributed by atoms with Crippen LogP contribution in [0.15, 0.2) is 53.0 Å². The second-order valence-electron chi connectivity index (χ2n) is 9.71. The van der Waals surface area contributed by atoms with E-state index in [0.717, 1.165) is 64.1 Å². The van der Waals surface area contributed by atoms with Crippen molar-refractivity contribution < 1.29 is 14.3 Å². The molecule has 4 saturated carbocycles. The highest BCUT2D eigenvalue weighted by atomic mass is 79.9. The maximum Gasteiger partial charge on any atom is 0.161 e. The Hall–Kier alpha value is -2.07. The van der Waals surface area contributed by atoms with Crippen molar-refractivity contribution in [1.29, 1.82) is 0 Å². The van der Waals surface area contributed by atoms with Crippen molar-refractivity contribution in [1.82, 2.24) is 0 Å². The number of methoxy groups -OCH3 is 1. The molecule has 0 radical (unpaired) electrons. The number of ether oxygens (including phenoxy) is 2. The van der Waals surface area contributed by atoms with E-state index >= 15 is 0 Å². The Labute approximate surface area is 193 Å². The van der Waals surface area contributed by atoms with Gasteiger partial charge in [0.1, 0.15) is 18.1 Å². The number of carbonyl (C=O) groups excluding carboxylic acids is 1. The normalized spacial score (nSPS) is 28.8. The first kappa shape index (κ1) is 20.8. The molecule has 4 bridgehead atoms. The van der Waals surface area contributed by atoms with Crippen LogP contribution in [-0.2, 0) is 11.4 Å². The van der Waals surface area contributed by atoms with E-state index in [1.54, 1.807) is 7.11 Å². The minimum absolute atomic E-state index is 0.0781. The summed E-state index contributed by atoms with van der Waals surface area (Å²) in [6, 6.07) is 13.8. The lowest BCUT2D eigenvalue weighted by Crippen LogP contribution is -2.49. The molecular weight excluding hydrogens is 452 g/mol. The maximum atomic E-state index is 13.3. The van der Waals surface area contributed by atoms with E-state index in [4.69, 9.17) is 9.47 Å². The molecule has 0 unspecified atom stereocenters. The van der Waals surface area contributed by atoms with Gasteiger partial charge in [0.25, 0.3) is 0 Å². The average Bonchev–Trinajstić information content (AvgIpc) is 2.76. The second-order valence-corrected chi connectivity index (χ2v) is 10.6. The van der Waals surface area contributed by atoms with Crippen LogP contribution in [0.1, 0.15) is 49.7 Å². The van der Waals surface area contributed by atoms with E-state index in [1.807, 2.05) is 48.6 Å². The molecule has 0 atom stereocenters. The molecule has 0 N–H and O–H groups in total. The molecule has 4 heteroatoms. The van der Waals surface area contributed by atoms with Gasteiger partial charge in [-0.15, -0.1) is 0 Å². The maximum absolute atomic E-state index is 13.3. The summed E-state index contributed by atoms with van der Waals surface area (Å²) in [7, 11) is 1.67. The third-order valence-electron chi connectivity index (χ3n) is 7.50. The summed E-state index contributed by atoms with van der Waals surface area (Å²) in [5.41, 5.74) is 1.90. The smallest absolute Gasteiger partial charge is 0.161 e. The van der Waals surface area contributed by atoms with Crippen LogP contribution < -0.4 is 9.47 Å². The van der Waals surface area contributed by atoms with Crippen molar-refractivity contribution in [3.63, 3.8) is 0 Å². The van der Waals surface area contributed by atoms with Gasteiger partial charge in [0.15, 0.2) is 5.78 Å². The van der Waals surface area contributed by atoms with Gasteiger partial charge in [0.2, 0.25) is 0 Å². The minimum atomic E-state index is -0.0781. The fourth-order valence-electron chi connectivity index (χ4n) is 6.47. The quantitative estimate of drug-likeness (QED) is 0.407. The second kappa shape index (κ2) is 8.46. The standard InChI is InChI=1S/C27H29BrO3/c1-30-25-8-2-18(13-22(25)17-31-24-6-4-23(28)5-7-24)3-9-26(29)27-14-19-10-20(15-27)12-21(11-19)16-27/h2-9,13,19-21H,10-12,14-17H2,1H3/b9-3+. The van der Waals surface area contributed by atoms with Gasteiger partial charge >= 0.3 is 0 Å². The van der Waals surface area contributed by atoms with Crippen LogP contribution in [0.3, 0.4) is 0 Å². The van der Waals surface area contributed by atoms with E-state index in [0.29, 0.717) is 12.4 Å². The SMILES string of the molecule is COc1ccc(/C=C/C(=O)C23CC4CC(CC(C4)C2)C3)cc1COc1ccc(Br)cc1. The fourth-order valence-corrected chi connectivity index (χ4v) is 6.73. The molecule has 4 aliphatic rings. The average molecular weight is 481 g/mol. The van der Waals surface area contributed by atoms with E-state index in [1.165, 1.54) is 19.3 Å². The molecule has 2 aromatic carbocycles. The van der Waals surface area contributed by atoms with Crippen LogP contribution in [0.2, 0.25) is 0 Å². The van der Waals surface area contributed by atoms with E-state index in [9.17, 15) is 4.79 Å². The molecule has 162 valence electrons. The summed E-state index contributed by atoms with van der Waals surface area (Å²) in [5, 5.41) is 0. The Morgan fingerprint density at radius 3 is 2.29 bits per heavy atom. The third kappa shape index (κ3) is 4.32. The van der Waals surface area contributed by atoms with Crippen LogP contribution in [0, 0.1) is 23.2 Å². The highest BCUT2D eigenvalue weighted by Crippen LogP contribution is 2.60. The van der Waals surface area contributed by atoms with Crippen LogP contribution in [0.5, 0.6) is 11.5 Å². The number of rotatable bonds is 7. The monoisotopic (exact) mass is 480 g/mol.